The Morgan fingerprint density at radius 3 is 1.37 bits per heavy atom. The van der Waals surface area contributed by atoms with Gasteiger partial charge in [0.05, 0.1) is 0 Å². The van der Waals surface area contributed by atoms with Crippen molar-refractivity contribution in [2.45, 2.75) is 0 Å². The average molecular weight is 396 g/mol. The number of phenolic OH excluding ortho intramolecular Hbond substituents is 2. The highest BCUT2D eigenvalue weighted by molar-refractivity contribution is 5.80. The van der Waals surface area contributed by atoms with E-state index in [-0.39, 0.29) is 11.5 Å². The monoisotopic (exact) mass is 396 g/mol. The second kappa shape index (κ2) is 8.45. The molecule has 4 rings (SSSR count). The Kier molecular flexibility index (Phi) is 5.39. The Bertz CT molecular complexity index is 1080. The third-order valence-corrected chi connectivity index (χ3v) is 4.56. The average Bonchev–Trinajstić information content (AvgIpc) is 2.78. The highest BCUT2D eigenvalue weighted by Crippen LogP contribution is 2.37. The largest absolute Gasteiger partial charge is 0.504 e. The first kappa shape index (κ1) is 19.2. The summed E-state index contributed by atoms with van der Waals surface area (Å²) in [6.45, 7) is 4.18. The van der Waals surface area contributed by atoms with Gasteiger partial charge in [0.1, 0.15) is 11.5 Å². The molecule has 4 aromatic carbocycles. The maximum absolute atomic E-state index is 10.2. The molecule has 0 saturated carbocycles. The van der Waals surface area contributed by atoms with E-state index >= 15 is 0 Å². The summed E-state index contributed by atoms with van der Waals surface area (Å²) in [7, 11) is 0. The van der Waals surface area contributed by atoms with Crippen molar-refractivity contribution in [3.05, 3.63) is 115 Å². The molecule has 4 aromatic rings. The number of ether oxygens (including phenoxy) is 2. The molecule has 0 bridgehead atoms. The molecule has 0 saturated heterocycles. The van der Waals surface area contributed by atoms with Crippen LogP contribution < -0.4 is 9.47 Å². The molecule has 0 unspecified atom stereocenters. The summed E-state index contributed by atoms with van der Waals surface area (Å²) >= 11 is 0. The van der Waals surface area contributed by atoms with Gasteiger partial charge in [-0.25, -0.2) is 0 Å². The van der Waals surface area contributed by atoms with Gasteiger partial charge in [0.25, 0.3) is 0 Å². The molecule has 0 fully saturated rings. The van der Waals surface area contributed by atoms with Crippen molar-refractivity contribution >= 4 is 5.57 Å². The zero-order valence-electron chi connectivity index (χ0n) is 16.2. The van der Waals surface area contributed by atoms with Gasteiger partial charge < -0.3 is 19.7 Å². The molecule has 0 aliphatic carbocycles. The van der Waals surface area contributed by atoms with Crippen LogP contribution in [0.3, 0.4) is 0 Å². The molecule has 148 valence electrons. The summed E-state index contributed by atoms with van der Waals surface area (Å²) in [4.78, 5) is 0. The van der Waals surface area contributed by atoms with E-state index in [1.165, 1.54) is 0 Å². The highest BCUT2D eigenvalue weighted by Gasteiger charge is 2.12. The van der Waals surface area contributed by atoms with Gasteiger partial charge in [-0.1, -0.05) is 55.1 Å². The number of aromatic hydroxyl groups is 2. The van der Waals surface area contributed by atoms with E-state index in [0.29, 0.717) is 28.6 Å². The van der Waals surface area contributed by atoms with E-state index in [2.05, 4.69) is 6.58 Å². The van der Waals surface area contributed by atoms with Gasteiger partial charge in [0.2, 0.25) is 0 Å². The van der Waals surface area contributed by atoms with Crippen molar-refractivity contribution < 1.29 is 19.7 Å². The van der Waals surface area contributed by atoms with E-state index in [9.17, 15) is 10.2 Å². The quantitative estimate of drug-likeness (QED) is 0.379. The van der Waals surface area contributed by atoms with Crippen molar-refractivity contribution in [3.63, 3.8) is 0 Å². The zero-order chi connectivity index (χ0) is 20.9. The Labute approximate surface area is 174 Å². The number of rotatable bonds is 6. The molecule has 2 N–H and O–H groups in total. The summed E-state index contributed by atoms with van der Waals surface area (Å²) in [6, 6.07) is 28.6. The van der Waals surface area contributed by atoms with Gasteiger partial charge in [-0.2, -0.15) is 0 Å². The Hall–Kier alpha value is -4.18. The van der Waals surface area contributed by atoms with Crippen LogP contribution in [0.25, 0.3) is 5.57 Å². The predicted octanol–water partition coefficient (Wildman–Crippen LogP) is 6.74. The van der Waals surface area contributed by atoms with Crippen molar-refractivity contribution in [3.8, 4) is 34.5 Å². The number of hydrogen-bond acceptors (Lipinski definition) is 4. The number of para-hydroxylation sites is 2. The Morgan fingerprint density at radius 1 is 0.567 bits per heavy atom. The molecule has 4 nitrogen and oxygen atoms in total. The third kappa shape index (κ3) is 4.28. The van der Waals surface area contributed by atoms with Crippen LogP contribution in [0.5, 0.6) is 34.5 Å². The summed E-state index contributed by atoms with van der Waals surface area (Å²) in [5.74, 6) is 1.99. The SMILES string of the molecule is C=C(c1ccc(O)c(Oc2ccccc2)c1)c1ccc(O)c(Oc2ccccc2)c1. The highest BCUT2D eigenvalue weighted by atomic mass is 16.5. The second-order valence-corrected chi connectivity index (χ2v) is 6.67. The molecule has 0 atom stereocenters. The van der Waals surface area contributed by atoms with Crippen LogP contribution in [-0.4, -0.2) is 10.2 Å². The van der Waals surface area contributed by atoms with Crippen LogP contribution in [0.4, 0.5) is 0 Å². The standard InChI is InChI=1S/C26H20O4/c1-18(19-12-14-23(27)25(16-19)29-21-8-4-2-5-9-21)20-13-15-24(28)26(17-20)30-22-10-6-3-7-11-22/h2-17,27-28H,1H2. The fourth-order valence-electron chi connectivity index (χ4n) is 2.96. The summed E-state index contributed by atoms with van der Waals surface area (Å²) in [5, 5.41) is 20.4. The Morgan fingerprint density at radius 2 is 0.967 bits per heavy atom. The lowest BCUT2D eigenvalue weighted by Gasteiger charge is -2.13. The van der Waals surface area contributed by atoms with Crippen LogP contribution in [0.15, 0.2) is 104 Å². The van der Waals surface area contributed by atoms with Crippen molar-refractivity contribution in [2.24, 2.45) is 0 Å². The minimum absolute atomic E-state index is 0.0363. The van der Waals surface area contributed by atoms with Crippen molar-refractivity contribution in [1.29, 1.82) is 0 Å². The fraction of sp³-hybridized carbons (Fsp3) is 0. The lowest BCUT2D eigenvalue weighted by Crippen LogP contribution is -1.91. The number of benzene rings is 4. The van der Waals surface area contributed by atoms with Gasteiger partial charge in [-0.05, 0) is 65.2 Å². The van der Waals surface area contributed by atoms with E-state index in [1.54, 1.807) is 36.4 Å². The lowest BCUT2D eigenvalue weighted by atomic mass is 9.99. The van der Waals surface area contributed by atoms with Crippen LogP contribution >= 0.6 is 0 Å². The molecule has 0 radical (unpaired) electrons. The van der Waals surface area contributed by atoms with Crippen LogP contribution in [0.2, 0.25) is 0 Å². The van der Waals surface area contributed by atoms with Gasteiger partial charge >= 0.3 is 0 Å². The van der Waals surface area contributed by atoms with E-state index in [0.717, 1.165) is 11.1 Å². The predicted molar refractivity (Wildman–Crippen MR) is 117 cm³/mol. The van der Waals surface area contributed by atoms with Gasteiger partial charge in [0.15, 0.2) is 23.0 Å². The summed E-state index contributed by atoms with van der Waals surface area (Å²) in [5.41, 5.74) is 2.25. The Balaban J connectivity index is 1.61. The summed E-state index contributed by atoms with van der Waals surface area (Å²) < 4.78 is 11.6. The zero-order valence-corrected chi connectivity index (χ0v) is 16.2. The van der Waals surface area contributed by atoms with E-state index in [1.807, 2.05) is 60.7 Å². The van der Waals surface area contributed by atoms with E-state index in [4.69, 9.17) is 9.47 Å². The molecule has 0 amide bonds. The molecule has 4 heteroatoms. The molecule has 0 aliphatic rings. The van der Waals surface area contributed by atoms with Gasteiger partial charge in [-0.3, -0.25) is 0 Å². The van der Waals surface area contributed by atoms with Crippen LogP contribution in [0, 0.1) is 0 Å². The molecular weight excluding hydrogens is 376 g/mol. The van der Waals surface area contributed by atoms with Gasteiger partial charge in [-0.15, -0.1) is 0 Å². The first-order chi connectivity index (χ1) is 14.6. The normalized spacial score (nSPS) is 10.4. The molecule has 30 heavy (non-hydrogen) atoms. The van der Waals surface area contributed by atoms with Crippen molar-refractivity contribution in [2.75, 3.05) is 0 Å². The number of hydrogen-bond donors (Lipinski definition) is 2. The first-order valence-electron chi connectivity index (χ1n) is 9.41. The molecule has 0 heterocycles. The fourth-order valence-corrected chi connectivity index (χ4v) is 2.96. The molecule has 0 aliphatic heterocycles. The maximum Gasteiger partial charge on any atom is 0.169 e. The van der Waals surface area contributed by atoms with Gasteiger partial charge in [0, 0.05) is 0 Å². The molecule has 0 aromatic heterocycles. The van der Waals surface area contributed by atoms with Crippen LogP contribution in [0.1, 0.15) is 11.1 Å². The van der Waals surface area contributed by atoms with Crippen molar-refractivity contribution in [1.82, 2.24) is 0 Å². The second-order valence-electron chi connectivity index (χ2n) is 6.67. The number of phenols is 2. The summed E-state index contributed by atoms with van der Waals surface area (Å²) in [6.07, 6.45) is 0. The minimum Gasteiger partial charge on any atom is -0.504 e. The molecular formula is C26H20O4. The molecule has 0 spiro atoms. The van der Waals surface area contributed by atoms with E-state index < -0.39 is 0 Å². The maximum atomic E-state index is 10.2. The topological polar surface area (TPSA) is 58.9 Å². The minimum atomic E-state index is 0.0363. The van der Waals surface area contributed by atoms with Crippen LogP contribution in [-0.2, 0) is 0 Å². The smallest absolute Gasteiger partial charge is 0.169 e. The first-order valence-corrected chi connectivity index (χ1v) is 9.41. The third-order valence-electron chi connectivity index (χ3n) is 4.56. The lowest BCUT2D eigenvalue weighted by molar-refractivity contribution is 0.411.